The lowest BCUT2D eigenvalue weighted by Gasteiger charge is -2.16. The minimum absolute atomic E-state index is 0.0365. The van der Waals surface area contributed by atoms with Crippen LogP contribution >= 0.6 is 0 Å². The molecule has 0 bridgehead atoms. The molecule has 5 heteroatoms. The average Bonchev–Trinajstić information content (AvgIpc) is 3.09. The van der Waals surface area contributed by atoms with Gasteiger partial charge >= 0.3 is 0 Å². The molecular formula is C23H24N4O. The summed E-state index contributed by atoms with van der Waals surface area (Å²) in [5, 5.41) is 4.49. The number of nitrogens with two attached hydrogens (primary N) is 1. The summed E-state index contributed by atoms with van der Waals surface area (Å²) >= 11 is 0. The molecule has 2 heterocycles. The Balaban J connectivity index is 1.82. The highest BCUT2D eigenvalue weighted by Crippen LogP contribution is 2.34. The Morgan fingerprint density at radius 2 is 1.75 bits per heavy atom. The Morgan fingerprint density at radius 3 is 2.43 bits per heavy atom. The summed E-state index contributed by atoms with van der Waals surface area (Å²) in [6.07, 6.45) is 1.87. The number of aliphatic imine (C=N–C) groups is 1. The third kappa shape index (κ3) is 3.08. The summed E-state index contributed by atoms with van der Waals surface area (Å²) in [7, 11) is 1.95. The molecule has 0 spiro atoms. The first kappa shape index (κ1) is 18.3. The van der Waals surface area contributed by atoms with E-state index >= 15 is 0 Å². The molecule has 28 heavy (non-hydrogen) atoms. The second-order valence-electron chi connectivity index (χ2n) is 7.46. The van der Waals surface area contributed by atoms with Gasteiger partial charge < -0.3 is 5.73 Å². The van der Waals surface area contributed by atoms with Gasteiger partial charge in [-0.2, -0.15) is 5.10 Å². The van der Waals surface area contributed by atoms with Crippen LogP contribution in [0.3, 0.4) is 0 Å². The van der Waals surface area contributed by atoms with Crippen LogP contribution < -0.4 is 5.73 Å². The second-order valence-corrected chi connectivity index (χ2v) is 7.46. The molecule has 0 fully saturated rings. The number of hydrogen-bond acceptors (Lipinski definition) is 4. The highest BCUT2D eigenvalue weighted by molar-refractivity contribution is 6.16. The first-order valence-electron chi connectivity index (χ1n) is 9.53. The number of ketones is 1. The van der Waals surface area contributed by atoms with Crippen molar-refractivity contribution in [2.75, 3.05) is 13.1 Å². The number of rotatable bonds is 4. The monoisotopic (exact) mass is 372 g/mol. The Labute approximate surface area is 164 Å². The standard InChI is InChI=1S/C23H24N4O/c1-14(2)15-4-6-16(7-5-15)23-20(12-26-27(23)3)17-8-9-18-19(10-17)21(11-24)25-13-22(18)28/h4-10,12,14H,11,13,24H2,1-3H3. The SMILES string of the molecule is CC(C)c1ccc(-c2c(-c3ccc4c(c3)C(CN)=NCC4=O)cnn2C)cc1. The number of carbonyl (C=O) groups excluding carboxylic acids is 1. The van der Waals surface area contributed by atoms with E-state index in [1.165, 1.54) is 5.56 Å². The van der Waals surface area contributed by atoms with Crippen molar-refractivity contribution in [3.63, 3.8) is 0 Å². The summed E-state index contributed by atoms with van der Waals surface area (Å²) in [6, 6.07) is 14.5. The highest BCUT2D eigenvalue weighted by Gasteiger charge is 2.21. The van der Waals surface area contributed by atoms with Crippen LogP contribution in [0, 0.1) is 0 Å². The van der Waals surface area contributed by atoms with E-state index in [-0.39, 0.29) is 12.3 Å². The average molecular weight is 372 g/mol. The zero-order valence-electron chi connectivity index (χ0n) is 16.4. The van der Waals surface area contributed by atoms with Crippen molar-refractivity contribution in [1.82, 2.24) is 9.78 Å². The maximum Gasteiger partial charge on any atom is 0.184 e. The van der Waals surface area contributed by atoms with Gasteiger partial charge in [0.15, 0.2) is 5.78 Å². The molecular weight excluding hydrogens is 348 g/mol. The topological polar surface area (TPSA) is 73.3 Å². The molecule has 0 atom stereocenters. The maximum atomic E-state index is 12.2. The van der Waals surface area contributed by atoms with Crippen LogP contribution in [-0.4, -0.2) is 34.4 Å². The van der Waals surface area contributed by atoms with E-state index in [1.54, 1.807) is 0 Å². The molecule has 2 aromatic carbocycles. The lowest BCUT2D eigenvalue weighted by atomic mass is 9.91. The van der Waals surface area contributed by atoms with Crippen LogP contribution in [0.15, 0.2) is 53.7 Å². The molecule has 0 amide bonds. The first-order chi connectivity index (χ1) is 13.5. The molecule has 2 N–H and O–H groups in total. The van der Waals surface area contributed by atoms with E-state index in [4.69, 9.17) is 5.73 Å². The predicted octanol–water partition coefficient (Wildman–Crippen LogP) is 3.82. The van der Waals surface area contributed by atoms with Crippen LogP contribution in [0.1, 0.15) is 41.3 Å². The number of aromatic nitrogens is 2. The van der Waals surface area contributed by atoms with Gasteiger partial charge in [-0.1, -0.05) is 50.2 Å². The summed E-state index contributed by atoms with van der Waals surface area (Å²) in [5.41, 5.74) is 13.7. The number of fused-ring (bicyclic) bond motifs is 1. The Hall–Kier alpha value is -3.05. The highest BCUT2D eigenvalue weighted by atomic mass is 16.1. The van der Waals surface area contributed by atoms with Crippen LogP contribution in [0.2, 0.25) is 0 Å². The van der Waals surface area contributed by atoms with E-state index in [0.717, 1.165) is 33.7 Å². The Kier molecular flexibility index (Phi) is 4.69. The van der Waals surface area contributed by atoms with Crippen molar-refractivity contribution >= 4 is 11.5 Å². The summed E-state index contributed by atoms with van der Waals surface area (Å²) in [5.74, 6) is 0.529. The number of benzene rings is 2. The number of hydrogen-bond donors (Lipinski definition) is 1. The summed E-state index contributed by atoms with van der Waals surface area (Å²) in [6.45, 7) is 4.88. The van der Waals surface area contributed by atoms with Gasteiger partial charge in [0.1, 0.15) is 6.54 Å². The van der Waals surface area contributed by atoms with Gasteiger partial charge in [-0.05, 0) is 23.1 Å². The number of nitrogens with zero attached hydrogens (tertiary/aromatic N) is 3. The molecule has 0 aliphatic carbocycles. The van der Waals surface area contributed by atoms with E-state index in [9.17, 15) is 4.79 Å². The molecule has 4 rings (SSSR count). The maximum absolute atomic E-state index is 12.2. The second kappa shape index (κ2) is 7.17. The Bertz CT molecular complexity index is 1070. The van der Waals surface area contributed by atoms with Crippen molar-refractivity contribution in [2.24, 2.45) is 17.8 Å². The minimum Gasteiger partial charge on any atom is -0.325 e. The number of aryl methyl sites for hydroxylation is 1. The predicted molar refractivity (Wildman–Crippen MR) is 113 cm³/mol. The molecule has 0 saturated carbocycles. The van der Waals surface area contributed by atoms with Crippen molar-refractivity contribution in [3.8, 4) is 22.4 Å². The van der Waals surface area contributed by atoms with Crippen molar-refractivity contribution in [3.05, 3.63) is 65.4 Å². The lowest BCUT2D eigenvalue weighted by molar-refractivity contribution is 0.1000. The largest absolute Gasteiger partial charge is 0.325 e. The number of Topliss-reactive ketones (excluding diaryl/α,β-unsaturated/α-hetero) is 1. The molecule has 5 nitrogen and oxygen atoms in total. The molecule has 3 aromatic rings. The van der Waals surface area contributed by atoms with E-state index in [0.29, 0.717) is 18.0 Å². The Morgan fingerprint density at radius 1 is 1.04 bits per heavy atom. The third-order valence-corrected chi connectivity index (χ3v) is 5.34. The van der Waals surface area contributed by atoms with Gasteiger partial charge in [-0.15, -0.1) is 0 Å². The quantitative estimate of drug-likeness (QED) is 0.756. The fraction of sp³-hybridized carbons (Fsp3) is 0.261. The van der Waals surface area contributed by atoms with Gasteiger partial charge in [0, 0.05) is 35.8 Å². The molecule has 0 radical (unpaired) electrons. The lowest BCUT2D eigenvalue weighted by Crippen LogP contribution is -2.24. The summed E-state index contributed by atoms with van der Waals surface area (Å²) < 4.78 is 1.89. The minimum atomic E-state index is 0.0365. The zero-order chi connectivity index (χ0) is 19.8. The van der Waals surface area contributed by atoms with Crippen LogP contribution in [0.25, 0.3) is 22.4 Å². The van der Waals surface area contributed by atoms with Gasteiger partial charge in [0.2, 0.25) is 0 Å². The first-order valence-corrected chi connectivity index (χ1v) is 9.53. The zero-order valence-corrected chi connectivity index (χ0v) is 16.4. The van der Waals surface area contributed by atoms with E-state index in [2.05, 4.69) is 48.2 Å². The van der Waals surface area contributed by atoms with E-state index in [1.807, 2.05) is 36.1 Å². The van der Waals surface area contributed by atoms with Crippen LogP contribution in [0.5, 0.6) is 0 Å². The van der Waals surface area contributed by atoms with Crippen molar-refractivity contribution in [1.29, 1.82) is 0 Å². The van der Waals surface area contributed by atoms with Gasteiger partial charge in [0.05, 0.1) is 17.6 Å². The summed E-state index contributed by atoms with van der Waals surface area (Å²) in [4.78, 5) is 16.5. The normalized spacial score (nSPS) is 13.6. The molecule has 142 valence electrons. The fourth-order valence-electron chi connectivity index (χ4n) is 3.72. The molecule has 1 aromatic heterocycles. The molecule has 1 aliphatic rings. The number of carbonyl (C=O) groups is 1. The third-order valence-electron chi connectivity index (χ3n) is 5.34. The van der Waals surface area contributed by atoms with Gasteiger partial charge in [-0.25, -0.2) is 0 Å². The van der Waals surface area contributed by atoms with Gasteiger partial charge in [0.25, 0.3) is 0 Å². The molecule has 0 unspecified atom stereocenters. The molecule has 1 aliphatic heterocycles. The molecule has 0 saturated heterocycles. The smallest absolute Gasteiger partial charge is 0.184 e. The van der Waals surface area contributed by atoms with E-state index < -0.39 is 0 Å². The van der Waals surface area contributed by atoms with Crippen molar-refractivity contribution < 1.29 is 4.79 Å². The van der Waals surface area contributed by atoms with Crippen molar-refractivity contribution in [2.45, 2.75) is 19.8 Å². The van der Waals surface area contributed by atoms with Crippen LogP contribution in [-0.2, 0) is 7.05 Å². The van der Waals surface area contributed by atoms with Crippen LogP contribution in [0.4, 0.5) is 0 Å². The van der Waals surface area contributed by atoms with Gasteiger partial charge in [-0.3, -0.25) is 14.5 Å². The fourth-order valence-corrected chi connectivity index (χ4v) is 3.72.